The van der Waals surface area contributed by atoms with Crippen LogP contribution in [-0.4, -0.2) is 24.1 Å². The molecule has 0 aliphatic rings. The van der Waals surface area contributed by atoms with Crippen molar-refractivity contribution in [1.82, 2.24) is 10.3 Å². The molecular weight excluding hydrogens is 573 g/mol. The largest absolute Gasteiger partial charge is 0.465 e. The van der Waals surface area contributed by atoms with Crippen molar-refractivity contribution >= 4 is 18.6 Å². The van der Waals surface area contributed by atoms with Crippen LogP contribution in [0.5, 0.6) is 0 Å². The van der Waals surface area contributed by atoms with Crippen molar-refractivity contribution in [2.24, 2.45) is 33.0 Å². The molecule has 0 saturated heterocycles. The van der Waals surface area contributed by atoms with Crippen LogP contribution in [0.25, 0.3) is 0 Å². The van der Waals surface area contributed by atoms with E-state index in [1.165, 1.54) is 30.4 Å². The maximum atomic E-state index is 14.4. The monoisotopic (exact) mass is 638 g/mol. The molecule has 0 bridgehead atoms. The van der Waals surface area contributed by atoms with E-state index in [4.69, 9.17) is 4.74 Å². The topological polar surface area (TPSA) is 51.2 Å². The van der Waals surface area contributed by atoms with Crippen LogP contribution in [0.3, 0.4) is 0 Å². The first-order valence-corrected chi connectivity index (χ1v) is 18.0. The van der Waals surface area contributed by atoms with Crippen molar-refractivity contribution in [3.8, 4) is 0 Å². The molecule has 3 unspecified atom stereocenters. The highest BCUT2D eigenvalue weighted by molar-refractivity contribution is 7.79. The molecule has 5 heteroatoms. The number of rotatable bonds is 18. The smallest absolute Gasteiger partial charge is 0.312 e. The Labute approximate surface area is 282 Å². The summed E-state index contributed by atoms with van der Waals surface area (Å²) < 4.78 is 6.16. The first-order chi connectivity index (χ1) is 20.9. The van der Waals surface area contributed by atoms with Crippen LogP contribution in [0.2, 0.25) is 0 Å². The maximum absolute atomic E-state index is 14.4. The predicted molar refractivity (Wildman–Crippen MR) is 196 cm³/mol. The number of benzene rings is 1. The van der Waals surface area contributed by atoms with Crippen molar-refractivity contribution in [1.29, 1.82) is 0 Å². The molecule has 3 atom stereocenters. The first-order valence-electron chi connectivity index (χ1n) is 17.3. The molecule has 1 aromatic heterocycles. The fraction of sp³-hybridized carbons (Fsp3) is 0.700. The van der Waals surface area contributed by atoms with Crippen LogP contribution in [0.4, 0.5) is 0 Å². The molecule has 1 aromatic carbocycles. The molecule has 0 aliphatic heterocycles. The average Bonchev–Trinajstić information content (AvgIpc) is 2.99. The van der Waals surface area contributed by atoms with Gasteiger partial charge in [0.25, 0.3) is 0 Å². The fourth-order valence-electron chi connectivity index (χ4n) is 7.08. The van der Waals surface area contributed by atoms with Crippen molar-refractivity contribution in [3.63, 3.8) is 0 Å². The van der Waals surface area contributed by atoms with E-state index < -0.39 is 10.8 Å². The van der Waals surface area contributed by atoms with Gasteiger partial charge in [0, 0.05) is 18.5 Å². The number of pyridine rings is 1. The van der Waals surface area contributed by atoms with Gasteiger partial charge in [-0.2, -0.15) is 12.6 Å². The molecule has 45 heavy (non-hydrogen) atoms. The Kier molecular flexibility index (Phi) is 14.3. The lowest BCUT2D eigenvalue weighted by Crippen LogP contribution is -2.59. The van der Waals surface area contributed by atoms with Crippen LogP contribution in [0.15, 0.2) is 48.7 Å². The quantitative estimate of drug-likeness (QED) is 0.0969. The van der Waals surface area contributed by atoms with Gasteiger partial charge in [-0.3, -0.25) is 9.78 Å². The van der Waals surface area contributed by atoms with E-state index in [1.807, 2.05) is 24.4 Å². The van der Waals surface area contributed by atoms with Crippen molar-refractivity contribution in [3.05, 3.63) is 65.5 Å². The summed E-state index contributed by atoms with van der Waals surface area (Å²) in [6.07, 6.45) is 7.33. The number of hydrogen-bond acceptors (Lipinski definition) is 5. The number of aromatic nitrogens is 1. The summed E-state index contributed by atoms with van der Waals surface area (Å²) in [6.45, 7) is 29.7. The minimum absolute atomic E-state index is 0.0995. The standard InChI is InChI=1S/C40H66N2O2S/c1-13-14-18-30(2)37(6,7)27-34(32-22-20-31(29-45)21-23-32)38(8,9)39(10,11)40(12,36(3,4)5)35(43)44-26-17-24-41-28-33-19-15-16-25-42-33/h15-16,19-23,25,30,34,41,45H,13-14,17-18,24,26-29H2,1-12H3. The molecule has 1 N–H and O–H groups in total. The number of esters is 1. The Morgan fingerprint density at radius 3 is 2.11 bits per heavy atom. The van der Waals surface area contributed by atoms with Crippen LogP contribution in [0.1, 0.15) is 138 Å². The molecule has 0 saturated carbocycles. The van der Waals surface area contributed by atoms with Crippen LogP contribution in [0, 0.1) is 33.0 Å². The normalized spacial score (nSPS) is 15.8. The zero-order valence-electron chi connectivity index (χ0n) is 30.8. The number of hydrogen-bond donors (Lipinski definition) is 2. The highest BCUT2D eigenvalue weighted by atomic mass is 32.1. The molecule has 2 rings (SSSR count). The maximum Gasteiger partial charge on any atom is 0.312 e. The molecule has 254 valence electrons. The molecule has 1 heterocycles. The summed E-state index contributed by atoms with van der Waals surface area (Å²) in [6, 6.07) is 15.0. The summed E-state index contributed by atoms with van der Waals surface area (Å²) in [7, 11) is 0. The third-order valence-electron chi connectivity index (χ3n) is 12.0. The van der Waals surface area contributed by atoms with E-state index in [0.717, 1.165) is 30.8 Å². The number of carbonyl (C=O) groups excluding carboxylic acids is 1. The first kappa shape index (κ1) is 39.3. The van der Waals surface area contributed by atoms with Crippen molar-refractivity contribution in [2.45, 2.75) is 133 Å². The van der Waals surface area contributed by atoms with Gasteiger partial charge in [-0.05, 0) is 83.1 Å². The number of nitrogens with zero attached hydrogens (tertiary/aromatic N) is 1. The van der Waals surface area contributed by atoms with E-state index >= 15 is 0 Å². The van der Waals surface area contributed by atoms with Gasteiger partial charge < -0.3 is 10.1 Å². The minimum atomic E-state index is -0.744. The molecule has 0 fully saturated rings. The zero-order valence-corrected chi connectivity index (χ0v) is 31.7. The van der Waals surface area contributed by atoms with Gasteiger partial charge in [0.2, 0.25) is 0 Å². The van der Waals surface area contributed by atoms with E-state index in [1.54, 1.807) is 0 Å². The minimum Gasteiger partial charge on any atom is -0.465 e. The molecule has 4 nitrogen and oxygen atoms in total. The van der Waals surface area contributed by atoms with E-state index in [-0.39, 0.29) is 28.1 Å². The third kappa shape index (κ3) is 9.37. The zero-order chi connectivity index (χ0) is 34.1. The van der Waals surface area contributed by atoms with Gasteiger partial charge in [0.05, 0.1) is 17.7 Å². The number of ether oxygens (including phenoxy) is 1. The molecule has 2 aromatic rings. The third-order valence-corrected chi connectivity index (χ3v) is 12.4. The Balaban J connectivity index is 2.39. The lowest BCUT2D eigenvalue weighted by Gasteiger charge is -2.60. The van der Waals surface area contributed by atoms with Crippen LogP contribution < -0.4 is 5.32 Å². The second-order valence-corrected chi connectivity index (χ2v) is 16.7. The van der Waals surface area contributed by atoms with Gasteiger partial charge in [0.1, 0.15) is 0 Å². The summed E-state index contributed by atoms with van der Waals surface area (Å²) in [5.41, 5.74) is 1.99. The summed E-state index contributed by atoms with van der Waals surface area (Å²) in [5, 5.41) is 3.42. The fourth-order valence-corrected chi connectivity index (χ4v) is 7.29. The Bertz CT molecular complexity index is 1170. The lowest BCUT2D eigenvalue weighted by atomic mass is 9.43. The van der Waals surface area contributed by atoms with Gasteiger partial charge in [-0.25, -0.2) is 0 Å². The summed E-state index contributed by atoms with van der Waals surface area (Å²) >= 11 is 4.52. The second kappa shape index (κ2) is 16.3. The lowest BCUT2D eigenvalue weighted by molar-refractivity contribution is -0.187. The SMILES string of the molecule is CCCCC(C)C(C)(C)CC(c1ccc(CS)cc1)C(C)(C)C(C)(C)C(C)(C(=O)OCCCNCc1ccccn1)C(C)(C)C. The van der Waals surface area contributed by atoms with Gasteiger partial charge >= 0.3 is 5.97 Å². The number of nitrogens with one attached hydrogen (secondary N) is 1. The van der Waals surface area contributed by atoms with Crippen LogP contribution >= 0.6 is 12.6 Å². The predicted octanol–water partition coefficient (Wildman–Crippen LogP) is 10.7. The van der Waals surface area contributed by atoms with Crippen molar-refractivity contribution < 1.29 is 9.53 Å². The Hall–Kier alpha value is -1.85. The summed E-state index contributed by atoms with van der Waals surface area (Å²) in [5.74, 6) is 1.47. The number of carbonyl (C=O) groups is 1. The van der Waals surface area contributed by atoms with Crippen LogP contribution in [-0.2, 0) is 21.8 Å². The van der Waals surface area contributed by atoms with Crippen molar-refractivity contribution in [2.75, 3.05) is 13.2 Å². The van der Waals surface area contributed by atoms with E-state index in [9.17, 15) is 4.79 Å². The molecule has 0 spiro atoms. The van der Waals surface area contributed by atoms with Gasteiger partial charge in [-0.15, -0.1) is 0 Å². The number of thiol groups is 1. The average molecular weight is 639 g/mol. The summed E-state index contributed by atoms with van der Waals surface area (Å²) in [4.78, 5) is 18.7. The molecular formula is C40H66N2O2S. The highest BCUT2D eigenvalue weighted by Crippen LogP contribution is 2.65. The highest BCUT2D eigenvalue weighted by Gasteiger charge is 2.62. The second-order valence-electron chi connectivity index (χ2n) is 16.4. The molecule has 0 aliphatic carbocycles. The Morgan fingerprint density at radius 2 is 1.58 bits per heavy atom. The molecule has 0 amide bonds. The van der Waals surface area contributed by atoms with E-state index in [2.05, 4.69) is 130 Å². The van der Waals surface area contributed by atoms with Gasteiger partial charge in [-0.1, -0.05) is 126 Å². The van der Waals surface area contributed by atoms with Gasteiger partial charge in [0.15, 0.2) is 0 Å². The molecule has 0 radical (unpaired) electrons. The van der Waals surface area contributed by atoms with E-state index in [0.29, 0.717) is 19.1 Å². The number of unbranched alkanes of at least 4 members (excludes halogenated alkanes) is 1. The Morgan fingerprint density at radius 1 is 0.933 bits per heavy atom.